The third-order valence-electron chi connectivity index (χ3n) is 1.06. The van der Waals surface area contributed by atoms with Gasteiger partial charge in [-0.05, 0) is 0 Å². The fourth-order valence-corrected chi connectivity index (χ4v) is 0.348. The molecule has 0 aromatic rings. The summed E-state index contributed by atoms with van der Waals surface area (Å²) in [5.41, 5.74) is -0.336. The molecule has 0 aromatic heterocycles. The molecule has 0 unspecified atom stereocenters. The van der Waals surface area contributed by atoms with Crippen LogP contribution in [0.4, 0.5) is 30.8 Å². The zero-order valence-corrected chi connectivity index (χ0v) is 5.63. The molecule has 2 nitrogen and oxygen atoms in total. The largest absolute Gasteiger partial charge is 0.394 e. The van der Waals surface area contributed by atoms with E-state index >= 15 is 0 Å². The Hall–Kier alpha value is -1.02. The highest BCUT2D eigenvalue weighted by Crippen LogP contribution is 2.39. The standard InChI is InChI=1S/C4H2F7NO/c5-1(6)3(7,8)4(9,10)2(13)12-11/h1H,(H,12,13). The highest BCUT2D eigenvalue weighted by atomic mass is 19.3. The molecule has 0 heterocycles. The fraction of sp³-hybridized carbons (Fsp3) is 0.750. The van der Waals surface area contributed by atoms with Crippen LogP contribution in [0, 0.1) is 0 Å². The maximum atomic E-state index is 12.0. The zero-order valence-electron chi connectivity index (χ0n) is 5.63. The Balaban J connectivity index is 4.91. The van der Waals surface area contributed by atoms with Crippen molar-refractivity contribution in [3.05, 3.63) is 0 Å². The van der Waals surface area contributed by atoms with Crippen molar-refractivity contribution in [1.29, 1.82) is 0 Å². The number of amides is 1. The summed E-state index contributed by atoms with van der Waals surface area (Å²) in [4.78, 5) is 9.74. The summed E-state index contributed by atoms with van der Waals surface area (Å²) in [5.74, 6) is -14.8. The van der Waals surface area contributed by atoms with E-state index in [0.717, 1.165) is 0 Å². The monoisotopic (exact) mass is 213 g/mol. The minimum atomic E-state index is -5.90. The predicted molar refractivity (Wildman–Crippen MR) is 25.1 cm³/mol. The smallest absolute Gasteiger partial charge is 0.265 e. The number of halogens is 7. The number of hydrogen-bond donors (Lipinski definition) is 1. The average molecular weight is 213 g/mol. The lowest BCUT2D eigenvalue weighted by atomic mass is 10.1. The Morgan fingerprint density at radius 3 is 1.77 bits per heavy atom. The predicted octanol–water partition coefficient (Wildman–Crippen LogP) is 1.52. The summed E-state index contributed by atoms with van der Waals surface area (Å²) in [6.45, 7) is 0. The van der Waals surface area contributed by atoms with Gasteiger partial charge in [0.05, 0.1) is 0 Å². The summed E-state index contributed by atoms with van der Waals surface area (Å²) in [7, 11) is 0. The van der Waals surface area contributed by atoms with Crippen molar-refractivity contribution in [2.24, 2.45) is 0 Å². The number of hydrogen-bond acceptors (Lipinski definition) is 1. The van der Waals surface area contributed by atoms with Crippen molar-refractivity contribution in [2.45, 2.75) is 18.3 Å². The molecular formula is C4H2F7NO. The summed E-state index contributed by atoms with van der Waals surface area (Å²) in [6.07, 6.45) is -4.76. The van der Waals surface area contributed by atoms with Crippen LogP contribution in [0.3, 0.4) is 0 Å². The van der Waals surface area contributed by atoms with Gasteiger partial charge in [0.15, 0.2) is 0 Å². The van der Waals surface area contributed by atoms with Crippen LogP contribution in [0.2, 0.25) is 0 Å². The van der Waals surface area contributed by atoms with Crippen LogP contribution < -0.4 is 5.54 Å². The number of nitrogens with one attached hydrogen (secondary N) is 1. The van der Waals surface area contributed by atoms with Gasteiger partial charge in [-0.2, -0.15) is 23.1 Å². The molecule has 1 amide bonds. The van der Waals surface area contributed by atoms with Gasteiger partial charge >= 0.3 is 24.2 Å². The summed E-state index contributed by atoms with van der Waals surface area (Å²) in [6, 6.07) is 0. The van der Waals surface area contributed by atoms with Crippen molar-refractivity contribution < 1.29 is 35.6 Å². The Kier molecular flexibility index (Phi) is 3.12. The van der Waals surface area contributed by atoms with E-state index in [9.17, 15) is 35.6 Å². The summed E-state index contributed by atoms with van der Waals surface area (Å²) >= 11 is 0. The minimum absolute atomic E-state index is 0.336. The molecule has 0 fully saturated rings. The van der Waals surface area contributed by atoms with Gasteiger partial charge in [0, 0.05) is 0 Å². The minimum Gasteiger partial charge on any atom is -0.265 e. The third-order valence-corrected chi connectivity index (χ3v) is 1.06. The van der Waals surface area contributed by atoms with Crippen LogP contribution in [0.1, 0.15) is 0 Å². The van der Waals surface area contributed by atoms with Gasteiger partial charge in [-0.15, -0.1) is 4.48 Å². The Morgan fingerprint density at radius 2 is 1.54 bits per heavy atom. The zero-order chi connectivity index (χ0) is 10.9. The second-order valence-electron chi connectivity index (χ2n) is 1.92. The number of carbonyl (C=O) groups excluding carboxylic acids is 1. The SMILES string of the molecule is O=C(NF)C(F)(F)C(F)(F)C(F)F. The quantitative estimate of drug-likeness (QED) is 0.558. The van der Waals surface area contributed by atoms with Gasteiger partial charge in [-0.3, -0.25) is 4.79 Å². The second kappa shape index (κ2) is 3.38. The van der Waals surface area contributed by atoms with Crippen molar-refractivity contribution in [1.82, 2.24) is 5.54 Å². The van der Waals surface area contributed by atoms with Gasteiger partial charge in [0.1, 0.15) is 0 Å². The highest BCUT2D eigenvalue weighted by Gasteiger charge is 2.67. The molecule has 0 aliphatic heterocycles. The van der Waals surface area contributed by atoms with Crippen molar-refractivity contribution in [3.8, 4) is 0 Å². The van der Waals surface area contributed by atoms with E-state index in [1.54, 1.807) is 0 Å². The van der Waals surface area contributed by atoms with Gasteiger partial charge in [0.25, 0.3) is 0 Å². The first-order valence-electron chi connectivity index (χ1n) is 2.62. The molecule has 78 valence electrons. The molecular weight excluding hydrogens is 211 g/mol. The third kappa shape index (κ3) is 1.83. The van der Waals surface area contributed by atoms with E-state index in [2.05, 4.69) is 0 Å². The molecule has 13 heavy (non-hydrogen) atoms. The molecule has 0 spiro atoms. The first-order chi connectivity index (χ1) is 5.67. The van der Waals surface area contributed by atoms with Crippen molar-refractivity contribution in [3.63, 3.8) is 0 Å². The number of rotatable bonds is 3. The molecule has 0 atom stereocenters. The number of alkyl halides is 6. The van der Waals surface area contributed by atoms with Gasteiger partial charge in [-0.25, -0.2) is 8.78 Å². The Labute approximate surface area is 66.6 Å². The van der Waals surface area contributed by atoms with Crippen LogP contribution in [0.25, 0.3) is 0 Å². The lowest BCUT2D eigenvalue weighted by molar-refractivity contribution is -0.256. The molecule has 0 aliphatic rings. The highest BCUT2D eigenvalue weighted by molar-refractivity contribution is 5.83. The van der Waals surface area contributed by atoms with Crippen LogP contribution in [0.5, 0.6) is 0 Å². The topological polar surface area (TPSA) is 29.1 Å². The summed E-state index contributed by atoms with van der Waals surface area (Å²) in [5, 5.41) is 0. The second-order valence-corrected chi connectivity index (χ2v) is 1.92. The van der Waals surface area contributed by atoms with Crippen molar-refractivity contribution >= 4 is 5.91 Å². The summed E-state index contributed by atoms with van der Waals surface area (Å²) < 4.78 is 81.2. The van der Waals surface area contributed by atoms with Gasteiger partial charge < -0.3 is 0 Å². The molecule has 0 rings (SSSR count). The molecule has 0 radical (unpaired) electrons. The van der Waals surface area contributed by atoms with Gasteiger partial charge in [-0.1, -0.05) is 0 Å². The first-order valence-corrected chi connectivity index (χ1v) is 2.62. The Bertz CT molecular complexity index is 203. The maximum Gasteiger partial charge on any atom is 0.394 e. The van der Waals surface area contributed by atoms with E-state index in [1.807, 2.05) is 0 Å². The van der Waals surface area contributed by atoms with Gasteiger partial charge in [0.2, 0.25) is 0 Å². The lowest BCUT2D eigenvalue weighted by Crippen LogP contribution is -2.54. The molecule has 0 saturated heterocycles. The molecule has 1 N–H and O–H groups in total. The maximum absolute atomic E-state index is 12.0. The first kappa shape index (κ1) is 12.0. The van der Waals surface area contributed by atoms with Crippen LogP contribution in [0.15, 0.2) is 0 Å². The van der Waals surface area contributed by atoms with E-state index in [0.29, 0.717) is 0 Å². The molecule has 0 bridgehead atoms. The Morgan fingerprint density at radius 1 is 1.15 bits per heavy atom. The fourth-order valence-electron chi connectivity index (χ4n) is 0.348. The van der Waals surface area contributed by atoms with E-state index in [4.69, 9.17) is 0 Å². The van der Waals surface area contributed by atoms with E-state index in [-0.39, 0.29) is 5.54 Å². The molecule has 0 aromatic carbocycles. The van der Waals surface area contributed by atoms with E-state index in [1.165, 1.54) is 0 Å². The molecule has 0 aliphatic carbocycles. The van der Waals surface area contributed by atoms with E-state index < -0.39 is 24.2 Å². The average Bonchev–Trinajstić information content (AvgIpc) is 2.02. The number of carbonyl (C=O) groups is 1. The van der Waals surface area contributed by atoms with Crippen molar-refractivity contribution in [2.75, 3.05) is 0 Å². The van der Waals surface area contributed by atoms with Crippen LogP contribution >= 0.6 is 0 Å². The van der Waals surface area contributed by atoms with Crippen LogP contribution in [-0.4, -0.2) is 24.2 Å². The lowest BCUT2D eigenvalue weighted by Gasteiger charge is -2.22. The van der Waals surface area contributed by atoms with Crippen LogP contribution in [-0.2, 0) is 4.79 Å². The molecule has 0 saturated carbocycles. The normalized spacial score (nSPS) is 13.2. The molecule has 9 heteroatoms.